The monoisotopic (exact) mass is 241 g/mol. The fourth-order valence-corrected chi connectivity index (χ4v) is 1.54. The van der Waals surface area contributed by atoms with E-state index in [1.807, 2.05) is 0 Å². The Morgan fingerprint density at radius 1 is 1.62 bits per heavy atom. The van der Waals surface area contributed by atoms with Gasteiger partial charge in [0.15, 0.2) is 5.69 Å². The molecule has 0 aliphatic carbocycles. The highest BCUT2D eigenvalue weighted by Crippen LogP contribution is 2.17. The summed E-state index contributed by atoms with van der Waals surface area (Å²) in [5, 5.41) is 8.74. The lowest BCUT2D eigenvalue weighted by atomic mass is 10.5. The Morgan fingerprint density at radius 2 is 2.38 bits per heavy atom. The van der Waals surface area contributed by atoms with Crippen molar-refractivity contribution in [3.8, 4) is 0 Å². The first-order chi connectivity index (χ1) is 6.20. The number of aromatic nitrogens is 3. The molecule has 0 fully saturated rings. The molecule has 0 aromatic carbocycles. The van der Waals surface area contributed by atoms with Gasteiger partial charge in [-0.25, -0.2) is 14.8 Å². The molecule has 2 rings (SSSR count). The quantitative estimate of drug-likeness (QED) is 0.815. The molecule has 2 aromatic heterocycles. The maximum atomic E-state index is 10.7. The first-order valence-corrected chi connectivity index (χ1v) is 4.20. The van der Waals surface area contributed by atoms with Gasteiger partial charge in [-0.2, -0.15) is 0 Å². The lowest BCUT2D eigenvalue weighted by molar-refractivity contribution is 0.0690. The average molecular weight is 242 g/mol. The second-order valence-electron chi connectivity index (χ2n) is 2.36. The van der Waals surface area contributed by atoms with Crippen LogP contribution < -0.4 is 0 Å². The van der Waals surface area contributed by atoms with Crippen LogP contribution in [0.25, 0.3) is 5.65 Å². The van der Waals surface area contributed by atoms with Gasteiger partial charge in [0.2, 0.25) is 0 Å². The van der Waals surface area contributed by atoms with Crippen molar-refractivity contribution < 1.29 is 9.90 Å². The van der Waals surface area contributed by atoms with Crippen LogP contribution >= 0.6 is 15.9 Å². The van der Waals surface area contributed by atoms with E-state index >= 15 is 0 Å². The maximum absolute atomic E-state index is 10.7. The number of carbonyl (C=O) groups is 1. The van der Waals surface area contributed by atoms with Crippen LogP contribution in [-0.2, 0) is 0 Å². The molecular weight excluding hydrogens is 238 g/mol. The molecule has 0 saturated carbocycles. The van der Waals surface area contributed by atoms with Crippen LogP contribution in [0, 0.1) is 0 Å². The topological polar surface area (TPSA) is 67.5 Å². The number of imidazole rings is 1. The minimum atomic E-state index is -1.06. The summed E-state index contributed by atoms with van der Waals surface area (Å²) in [6.45, 7) is 0. The molecule has 5 nitrogen and oxygen atoms in total. The molecule has 0 spiro atoms. The summed E-state index contributed by atoms with van der Waals surface area (Å²) >= 11 is 3.13. The van der Waals surface area contributed by atoms with Gasteiger partial charge in [0.05, 0.1) is 0 Å². The molecule has 0 aliphatic rings. The molecule has 0 aliphatic heterocycles. The molecule has 0 amide bonds. The van der Waals surface area contributed by atoms with Gasteiger partial charge in [0.1, 0.15) is 16.6 Å². The van der Waals surface area contributed by atoms with Crippen LogP contribution in [0.1, 0.15) is 10.5 Å². The van der Waals surface area contributed by atoms with Crippen molar-refractivity contribution >= 4 is 27.5 Å². The molecule has 2 aromatic rings. The standard InChI is InChI=1S/C7H4BrN3O2/c8-6-5(7(12)13)10-4-1-2-9-3-11(4)6/h1-3H,(H,12,13). The second-order valence-corrected chi connectivity index (χ2v) is 3.12. The first kappa shape index (κ1) is 8.18. The van der Waals surface area contributed by atoms with Crippen LogP contribution in [0.4, 0.5) is 0 Å². The molecule has 13 heavy (non-hydrogen) atoms. The smallest absolute Gasteiger partial charge is 0.357 e. The average Bonchev–Trinajstić information content (AvgIpc) is 2.45. The van der Waals surface area contributed by atoms with Crippen molar-refractivity contribution in [2.75, 3.05) is 0 Å². The van der Waals surface area contributed by atoms with Gasteiger partial charge >= 0.3 is 5.97 Å². The number of carboxylic acid groups (broad SMARTS) is 1. The third-order valence-electron chi connectivity index (χ3n) is 1.57. The number of carboxylic acids is 1. The highest BCUT2D eigenvalue weighted by molar-refractivity contribution is 9.10. The van der Waals surface area contributed by atoms with Crippen LogP contribution in [0.5, 0.6) is 0 Å². The van der Waals surface area contributed by atoms with Gasteiger partial charge in [-0.3, -0.25) is 4.40 Å². The zero-order valence-electron chi connectivity index (χ0n) is 6.31. The van der Waals surface area contributed by atoms with Crippen molar-refractivity contribution in [3.63, 3.8) is 0 Å². The minimum Gasteiger partial charge on any atom is -0.476 e. The van der Waals surface area contributed by atoms with E-state index in [0.717, 1.165) is 0 Å². The summed E-state index contributed by atoms with van der Waals surface area (Å²) in [7, 11) is 0. The van der Waals surface area contributed by atoms with E-state index in [2.05, 4.69) is 25.9 Å². The summed E-state index contributed by atoms with van der Waals surface area (Å²) in [6, 6.07) is 1.64. The Kier molecular flexibility index (Phi) is 1.77. The number of hydrogen-bond acceptors (Lipinski definition) is 3. The van der Waals surface area contributed by atoms with Crippen molar-refractivity contribution in [2.45, 2.75) is 0 Å². The summed E-state index contributed by atoms with van der Waals surface area (Å²) in [5.74, 6) is -1.06. The largest absolute Gasteiger partial charge is 0.476 e. The number of aromatic carboxylic acids is 1. The number of nitrogens with zero attached hydrogens (tertiary/aromatic N) is 3. The normalized spacial score (nSPS) is 10.5. The van der Waals surface area contributed by atoms with Gasteiger partial charge in [-0.1, -0.05) is 0 Å². The molecule has 0 unspecified atom stereocenters. The van der Waals surface area contributed by atoms with Gasteiger partial charge in [0.25, 0.3) is 0 Å². The molecule has 1 N–H and O–H groups in total. The summed E-state index contributed by atoms with van der Waals surface area (Å²) in [6.07, 6.45) is 3.05. The SMILES string of the molecule is O=C(O)c1nc2ccncn2c1Br. The Bertz CT molecular complexity index is 480. The van der Waals surface area contributed by atoms with Crippen LogP contribution in [0.3, 0.4) is 0 Å². The predicted molar refractivity (Wildman–Crippen MR) is 47.6 cm³/mol. The lowest BCUT2D eigenvalue weighted by Crippen LogP contribution is -1.97. The molecule has 66 valence electrons. The highest BCUT2D eigenvalue weighted by atomic mass is 79.9. The van der Waals surface area contributed by atoms with E-state index in [1.165, 1.54) is 6.33 Å². The van der Waals surface area contributed by atoms with E-state index in [9.17, 15) is 4.79 Å². The van der Waals surface area contributed by atoms with E-state index in [1.54, 1.807) is 16.7 Å². The number of hydrogen-bond donors (Lipinski definition) is 1. The van der Waals surface area contributed by atoms with Gasteiger partial charge in [0, 0.05) is 6.20 Å². The van der Waals surface area contributed by atoms with Crippen molar-refractivity contribution in [3.05, 3.63) is 28.9 Å². The molecule has 0 atom stereocenters. The second kappa shape index (κ2) is 2.81. The van der Waals surface area contributed by atoms with E-state index in [4.69, 9.17) is 5.11 Å². The van der Waals surface area contributed by atoms with E-state index in [-0.39, 0.29) is 5.69 Å². The summed E-state index contributed by atoms with van der Waals surface area (Å²) in [5.41, 5.74) is 0.548. The first-order valence-electron chi connectivity index (χ1n) is 3.41. The molecular formula is C7H4BrN3O2. The Labute approximate surface area is 81.2 Å². The summed E-state index contributed by atoms with van der Waals surface area (Å²) < 4.78 is 1.96. The maximum Gasteiger partial charge on any atom is 0.357 e. The van der Waals surface area contributed by atoms with Gasteiger partial charge < -0.3 is 5.11 Å². The molecule has 6 heteroatoms. The van der Waals surface area contributed by atoms with Crippen molar-refractivity contribution in [1.29, 1.82) is 0 Å². The number of halogens is 1. The molecule has 2 heterocycles. The summed E-state index contributed by atoms with van der Waals surface area (Å²) in [4.78, 5) is 18.4. The molecule has 0 radical (unpaired) electrons. The van der Waals surface area contributed by atoms with Crippen LogP contribution in [0.15, 0.2) is 23.2 Å². The molecule has 0 saturated heterocycles. The zero-order chi connectivity index (χ0) is 9.42. The predicted octanol–water partition coefficient (Wildman–Crippen LogP) is 1.19. The Balaban J connectivity index is 2.81. The van der Waals surface area contributed by atoms with Gasteiger partial charge in [-0.05, 0) is 22.0 Å². The lowest BCUT2D eigenvalue weighted by Gasteiger charge is -1.90. The van der Waals surface area contributed by atoms with Crippen LogP contribution in [0.2, 0.25) is 0 Å². The highest BCUT2D eigenvalue weighted by Gasteiger charge is 2.15. The minimum absolute atomic E-state index is 0.00648. The van der Waals surface area contributed by atoms with E-state index < -0.39 is 5.97 Å². The van der Waals surface area contributed by atoms with Crippen LogP contribution in [-0.4, -0.2) is 25.4 Å². The zero-order valence-corrected chi connectivity index (χ0v) is 7.89. The third kappa shape index (κ3) is 1.19. The Morgan fingerprint density at radius 3 is 3.00 bits per heavy atom. The number of fused-ring (bicyclic) bond motifs is 1. The van der Waals surface area contributed by atoms with Crippen molar-refractivity contribution in [1.82, 2.24) is 14.4 Å². The fourth-order valence-electron chi connectivity index (χ4n) is 1.01. The number of rotatable bonds is 1. The van der Waals surface area contributed by atoms with E-state index in [0.29, 0.717) is 10.3 Å². The molecule has 0 bridgehead atoms. The van der Waals surface area contributed by atoms with Gasteiger partial charge in [-0.15, -0.1) is 0 Å². The third-order valence-corrected chi connectivity index (χ3v) is 2.33. The Hall–Kier alpha value is -1.43. The fraction of sp³-hybridized carbons (Fsp3) is 0. The van der Waals surface area contributed by atoms with Crippen molar-refractivity contribution in [2.24, 2.45) is 0 Å².